The first-order chi connectivity index (χ1) is 13.0. The van der Waals surface area contributed by atoms with Crippen LogP contribution in [0.3, 0.4) is 0 Å². The quantitative estimate of drug-likeness (QED) is 0.770. The van der Waals surface area contributed by atoms with Crippen LogP contribution in [0.1, 0.15) is 41.0 Å². The molecule has 0 fully saturated rings. The Balaban J connectivity index is 2.07. The van der Waals surface area contributed by atoms with Crippen LogP contribution >= 0.6 is 0 Å². The molecule has 1 aromatic heterocycles. The van der Waals surface area contributed by atoms with Crippen molar-refractivity contribution in [2.75, 3.05) is 0 Å². The van der Waals surface area contributed by atoms with Gasteiger partial charge in [-0.25, -0.2) is 0 Å². The van der Waals surface area contributed by atoms with Crippen LogP contribution in [0.15, 0.2) is 42.6 Å². The number of nitrogens with one attached hydrogen (secondary N) is 1. The Labute approximate surface area is 161 Å². The van der Waals surface area contributed by atoms with E-state index >= 15 is 0 Å². The molecule has 0 bridgehead atoms. The number of halogens is 3. The molecule has 1 aromatic carbocycles. The van der Waals surface area contributed by atoms with Crippen molar-refractivity contribution < 1.29 is 22.8 Å². The Morgan fingerprint density at radius 3 is 2.36 bits per heavy atom. The lowest BCUT2D eigenvalue weighted by molar-refractivity contribution is -0.137. The monoisotopic (exact) mass is 388 g/mol. The number of aromatic nitrogens is 1. The minimum Gasteiger partial charge on any atom is -0.335 e. The SMILES string of the molecule is C#CC(C)(C)NC(=O)c1cc(CC(=O)Cc2cccc(C(F)(F)F)c2)ccn1. The summed E-state index contributed by atoms with van der Waals surface area (Å²) in [5.41, 5.74) is -0.726. The number of terminal acetylenes is 1. The van der Waals surface area contributed by atoms with Crippen LogP contribution in [0.2, 0.25) is 0 Å². The summed E-state index contributed by atoms with van der Waals surface area (Å²) < 4.78 is 38.3. The molecule has 0 aliphatic rings. The average molecular weight is 388 g/mol. The van der Waals surface area contributed by atoms with Crippen molar-refractivity contribution in [1.82, 2.24) is 10.3 Å². The summed E-state index contributed by atoms with van der Waals surface area (Å²) in [6.07, 6.45) is 2.10. The van der Waals surface area contributed by atoms with Crippen LogP contribution in [-0.4, -0.2) is 22.2 Å². The van der Waals surface area contributed by atoms with Gasteiger partial charge in [-0.15, -0.1) is 6.42 Å². The number of hydrogen-bond donors (Lipinski definition) is 1. The van der Waals surface area contributed by atoms with Gasteiger partial charge in [0.2, 0.25) is 0 Å². The van der Waals surface area contributed by atoms with E-state index in [0.29, 0.717) is 5.56 Å². The van der Waals surface area contributed by atoms with E-state index in [-0.39, 0.29) is 29.9 Å². The second kappa shape index (κ2) is 8.26. The smallest absolute Gasteiger partial charge is 0.335 e. The normalized spacial score (nSPS) is 11.6. The zero-order chi connectivity index (χ0) is 20.9. The maximum Gasteiger partial charge on any atom is 0.416 e. The molecular weight excluding hydrogens is 369 g/mol. The number of amides is 1. The molecule has 0 saturated heterocycles. The van der Waals surface area contributed by atoms with Crippen molar-refractivity contribution in [1.29, 1.82) is 0 Å². The fraction of sp³-hybridized carbons (Fsp3) is 0.286. The summed E-state index contributed by atoms with van der Waals surface area (Å²) in [6, 6.07) is 7.71. The van der Waals surface area contributed by atoms with Gasteiger partial charge in [-0.1, -0.05) is 24.1 Å². The lowest BCUT2D eigenvalue weighted by Gasteiger charge is -2.19. The molecule has 0 atom stereocenters. The summed E-state index contributed by atoms with van der Waals surface area (Å²) >= 11 is 0. The van der Waals surface area contributed by atoms with Gasteiger partial charge in [0, 0.05) is 19.0 Å². The fourth-order valence-corrected chi connectivity index (χ4v) is 2.47. The van der Waals surface area contributed by atoms with Gasteiger partial charge in [0.1, 0.15) is 11.5 Å². The molecule has 2 rings (SSSR count). The molecule has 0 aliphatic carbocycles. The van der Waals surface area contributed by atoms with Crippen LogP contribution in [-0.2, 0) is 23.8 Å². The summed E-state index contributed by atoms with van der Waals surface area (Å²) in [6.45, 7) is 3.32. The first-order valence-corrected chi connectivity index (χ1v) is 8.43. The number of nitrogens with zero attached hydrogens (tertiary/aromatic N) is 1. The highest BCUT2D eigenvalue weighted by atomic mass is 19.4. The van der Waals surface area contributed by atoms with E-state index in [2.05, 4.69) is 16.2 Å². The molecule has 7 heteroatoms. The number of ketones is 1. The van der Waals surface area contributed by atoms with Gasteiger partial charge in [0.15, 0.2) is 0 Å². The van der Waals surface area contributed by atoms with E-state index < -0.39 is 23.2 Å². The van der Waals surface area contributed by atoms with Crippen LogP contribution in [0.4, 0.5) is 13.2 Å². The van der Waals surface area contributed by atoms with Crippen molar-refractivity contribution in [3.8, 4) is 12.3 Å². The molecular formula is C21H19F3N2O2. The van der Waals surface area contributed by atoms with Gasteiger partial charge in [-0.2, -0.15) is 13.2 Å². The van der Waals surface area contributed by atoms with Gasteiger partial charge in [0.05, 0.1) is 11.1 Å². The van der Waals surface area contributed by atoms with Crippen molar-refractivity contribution in [3.05, 3.63) is 65.0 Å². The molecule has 4 nitrogen and oxygen atoms in total. The highest BCUT2D eigenvalue weighted by Gasteiger charge is 2.30. The Hall–Kier alpha value is -3.14. The topological polar surface area (TPSA) is 59.1 Å². The first kappa shape index (κ1) is 21.2. The molecule has 146 valence electrons. The lowest BCUT2D eigenvalue weighted by Crippen LogP contribution is -2.42. The number of carbonyl (C=O) groups excluding carboxylic acids is 2. The molecule has 1 heterocycles. The average Bonchev–Trinajstić information content (AvgIpc) is 2.61. The Morgan fingerprint density at radius 2 is 1.75 bits per heavy atom. The van der Waals surface area contributed by atoms with Crippen molar-refractivity contribution in [2.24, 2.45) is 0 Å². The molecule has 0 saturated carbocycles. The fourth-order valence-electron chi connectivity index (χ4n) is 2.47. The highest BCUT2D eigenvalue weighted by molar-refractivity contribution is 5.93. The molecule has 0 unspecified atom stereocenters. The van der Waals surface area contributed by atoms with Gasteiger partial charge in [0.25, 0.3) is 5.91 Å². The van der Waals surface area contributed by atoms with Crippen LogP contribution < -0.4 is 5.32 Å². The first-order valence-electron chi connectivity index (χ1n) is 8.43. The Kier molecular flexibility index (Phi) is 6.24. The highest BCUT2D eigenvalue weighted by Crippen LogP contribution is 2.29. The lowest BCUT2D eigenvalue weighted by atomic mass is 10.0. The third-order valence-electron chi connectivity index (χ3n) is 3.90. The predicted molar refractivity (Wildman–Crippen MR) is 98.5 cm³/mol. The Morgan fingerprint density at radius 1 is 1.11 bits per heavy atom. The largest absolute Gasteiger partial charge is 0.416 e. The second-order valence-electron chi connectivity index (χ2n) is 6.86. The summed E-state index contributed by atoms with van der Waals surface area (Å²) in [5.74, 6) is 1.68. The molecule has 0 radical (unpaired) electrons. The third-order valence-corrected chi connectivity index (χ3v) is 3.90. The summed E-state index contributed by atoms with van der Waals surface area (Å²) in [5, 5.41) is 2.63. The minimum absolute atomic E-state index is 0.0302. The van der Waals surface area contributed by atoms with Crippen molar-refractivity contribution in [3.63, 3.8) is 0 Å². The molecule has 0 spiro atoms. The zero-order valence-corrected chi connectivity index (χ0v) is 15.4. The van der Waals surface area contributed by atoms with E-state index in [0.717, 1.165) is 12.1 Å². The van der Waals surface area contributed by atoms with E-state index in [1.807, 2.05) is 0 Å². The molecule has 1 N–H and O–H groups in total. The molecule has 2 aromatic rings. The third kappa shape index (κ3) is 5.95. The molecule has 28 heavy (non-hydrogen) atoms. The summed E-state index contributed by atoms with van der Waals surface area (Å²) in [4.78, 5) is 28.5. The van der Waals surface area contributed by atoms with Gasteiger partial charge < -0.3 is 5.32 Å². The molecule has 0 aliphatic heterocycles. The van der Waals surface area contributed by atoms with E-state index in [1.165, 1.54) is 24.4 Å². The predicted octanol–water partition coefficient (Wildman–Crippen LogP) is 3.60. The van der Waals surface area contributed by atoms with Gasteiger partial charge in [-0.3, -0.25) is 14.6 Å². The van der Waals surface area contributed by atoms with Crippen LogP contribution in [0.5, 0.6) is 0 Å². The maximum absolute atomic E-state index is 12.8. The minimum atomic E-state index is -4.46. The van der Waals surface area contributed by atoms with Crippen molar-refractivity contribution in [2.45, 2.75) is 38.4 Å². The maximum atomic E-state index is 12.8. The van der Waals surface area contributed by atoms with E-state index in [9.17, 15) is 22.8 Å². The van der Waals surface area contributed by atoms with Gasteiger partial charge >= 0.3 is 6.18 Å². The number of hydrogen-bond acceptors (Lipinski definition) is 3. The van der Waals surface area contributed by atoms with Crippen LogP contribution in [0, 0.1) is 12.3 Å². The van der Waals surface area contributed by atoms with E-state index in [4.69, 9.17) is 6.42 Å². The summed E-state index contributed by atoms with van der Waals surface area (Å²) in [7, 11) is 0. The van der Waals surface area contributed by atoms with Crippen molar-refractivity contribution >= 4 is 11.7 Å². The standard InChI is InChI=1S/C21H19F3N2O2/c1-4-20(2,3)26-19(28)18-13-15(8-9-25-18)12-17(27)11-14-6-5-7-16(10-14)21(22,23)24/h1,5-10,13H,11-12H2,2-3H3,(H,26,28). The van der Waals surface area contributed by atoms with Crippen LogP contribution in [0.25, 0.3) is 0 Å². The number of Topliss-reactive ketones (excluding diaryl/α,β-unsaturated/α-hetero) is 1. The second-order valence-corrected chi connectivity index (χ2v) is 6.86. The Bertz CT molecular complexity index is 928. The number of carbonyl (C=O) groups is 2. The van der Waals surface area contributed by atoms with Gasteiger partial charge in [-0.05, 0) is 43.2 Å². The number of benzene rings is 1. The number of alkyl halides is 3. The number of pyridine rings is 1. The van der Waals surface area contributed by atoms with E-state index in [1.54, 1.807) is 19.9 Å². The number of rotatable bonds is 6. The zero-order valence-electron chi connectivity index (χ0n) is 15.4. The molecule has 1 amide bonds.